The second-order valence-electron chi connectivity index (χ2n) is 13.9. The molecule has 218 valence electrons. The van der Waals surface area contributed by atoms with Gasteiger partial charge >= 0.3 is 6.61 Å². The molecule has 0 saturated heterocycles. The zero-order chi connectivity index (χ0) is 29.3. The van der Waals surface area contributed by atoms with E-state index in [2.05, 4.69) is 30.7 Å². The Morgan fingerprint density at radius 2 is 1.64 bits per heavy atom. The fraction of sp³-hybridized carbons (Fsp3) is 0.656. The number of aromatic nitrogens is 1. The number of benzene rings is 1. The molecule has 1 aromatic carbocycles. The number of ether oxygens (including phenoxy) is 1. The van der Waals surface area contributed by atoms with Crippen molar-refractivity contribution in [2.75, 3.05) is 6.54 Å². The highest BCUT2D eigenvalue weighted by molar-refractivity contribution is 5.97. The lowest BCUT2D eigenvalue weighted by molar-refractivity contribution is -0.0505. The number of halogens is 2. The van der Waals surface area contributed by atoms with E-state index < -0.39 is 17.6 Å². The summed E-state index contributed by atoms with van der Waals surface area (Å²) in [5.74, 6) is 0.317. The minimum atomic E-state index is -2.98. The third kappa shape index (κ3) is 7.84. The smallest absolute Gasteiger partial charge is 0.387 e. The van der Waals surface area contributed by atoms with Gasteiger partial charge in [-0.05, 0) is 68.1 Å². The first-order valence-corrected chi connectivity index (χ1v) is 14.2. The van der Waals surface area contributed by atoms with E-state index in [-0.39, 0.29) is 23.6 Å². The van der Waals surface area contributed by atoms with Crippen LogP contribution in [0.25, 0.3) is 11.3 Å². The summed E-state index contributed by atoms with van der Waals surface area (Å²) in [5.41, 5.74) is 2.52. The lowest BCUT2D eigenvalue weighted by Gasteiger charge is -2.30. The van der Waals surface area contributed by atoms with Crippen LogP contribution in [0.4, 0.5) is 8.78 Å². The van der Waals surface area contributed by atoms with Crippen molar-refractivity contribution < 1.29 is 23.4 Å². The molecule has 1 fully saturated rings. The van der Waals surface area contributed by atoms with E-state index in [0.29, 0.717) is 34.8 Å². The van der Waals surface area contributed by atoms with Crippen LogP contribution in [0, 0.1) is 12.8 Å². The maximum absolute atomic E-state index is 13.9. The monoisotopic (exact) mass is 546 g/mol. The summed E-state index contributed by atoms with van der Waals surface area (Å²) in [6.07, 6.45) is 5.78. The molecule has 7 heteroatoms. The predicted octanol–water partition coefficient (Wildman–Crippen LogP) is 7.74. The number of rotatable bonds is 8. The Labute approximate surface area is 233 Å². The molecule has 39 heavy (non-hydrogen) atoms. The largest absolute Gasteiger partial charge is 0.434 e. The van der Waals surface area contributed by atoms with Crippen molar-refractivity contribution in [2.45, 2.75) is 124 Å². The summed E-state index contributed by atoms with van der Waals surface area (Å²) in [7, 11) is 0. The van der Waals surface area contributed by atoms with Crippen LogP contribution >= 0.6 is 0 Å². The number of aliphatic hydroxyl groups is 1. The highest BCUT2D eigenvalue weighted by Gasteiger charge is 2.31. The standard InChI is InChI=1S/C32H48F2N2O3/c1-20-23(28(37)35-19-32(8,9)38)17-26(36(20)18-21-13-11-10-12-14-21)24-15-22(30(2,3)4)16-25(31(5,6)7)27(24)39-29(33)34/h15-17,21,29,38H,10-14,18-19H2,1-9H3,(H,35,37). The molecule has 1 aromatic heterocycles. The molecule has 0 aliphatic heterocycles. The van der Waals surface area contributed by atoms with Gasteiger partial charge in [0.1, 0.15) is 5.75 Å². The molecule has 0 bridgehead atoms. The number of carbonyl (C=O) groups is 1. The van der Waals surface area contributed by atoms with E-state index in [1.54, 1.807) is 13.8 Å². The van der Waals surface area contributed by atoms with E-state index >= 15 is 0 Å². The van der Waals surface area contributed by atoms with Gasteiger partial charge in [-0.3, -0.25) is 4.79 Å². The van der Waals surface area contributed by atoms with Gasteiger partial charge < -0.3 is 19.7 Å². The topological polar surface area (TPSA) is 63.5 Å². The van der Waals surface area contributed by atoms with Crippen molar-refractivity contribution in [1.82, 2.24) is 9.88 Å². The van der Waals surface area contributed by atoms with Crippen LogP contribution in [-0.2, 0) is 17.4 Å². The maximum atomic E-state index is 13.9. The number of alkyl halides is 2. The Hall–Kier alpha value is -2.41. The Morgan fingerprint density at radius 3 is 2.15 bits per heavy atom. The van der Waals surface area contributed by atoms with Gasteiger partial charge in [0.2, 0.25) is 0 Å². The number of amides is 1. The summed E-state index contributed by atoms with van der Waals surface area (Å²) >= 11 is 0. The number of nitrogens with one attached hydrogen (secondary N) is 1. The highest BCUT2D eigenvalue weighted by atomic mass is 19.3. The van der Waals surface area contributed by atoms with Crippen molar-refractivity contribution in [3.63, 3.8) is 0 Å². The van der Waals surface area contributed by atoms with Gasteiger partial charge in [0, 0.05) is 29.9 Å². The zero-order valence-corrected chi connectivity index (χ0v) is 25.3. The van der Waals surface area contributed by atoms with Gasteiger partial charge in [0.15, 0.2) is 0 Å². The van der Waals surface area contributed by atoms with Crippen LogP contribution in [0.1, 0.15) is 115 Å². The molecule has 1 heterocycles. The van der Waals surface area contributed by atoms with E-state index in [0.717, 1.165) is 24.1 Å². The van der Waals surface area contributed by atoms with Crippen molar-refractivity contribution in [1.29, 1.82) is 0 Å². The SMILES string of the molecule is Cc1c(C(=O)NCC(C)(C)O)cc(-c2cc(C(C)(C)C)cc(C(C)(C)C)c2OC(F)F)n1CC1CCCCC1. The summed E-state index contributed by atoms with van der Waals surface area (Å²) in [6.45, 7) is 15.3. The van der Waals surface area contributed by atoms with Crippen LogP contribution in [0.3, 0.4) is 0 Å². The molecule has 1 saturated carbocycles. The molecule has 0 atom stereocenters. The molecule has 1 aliphatic rings. The van der Waals surface area contributed by atoms with Gasteiger partial charge in [-0.2, -0.15) is 8.78 Å². The quantitative estimate of drug-likeness (QED) is 0.356. The Kier molecular flexibility index (Phi) is 9.26. The molecule has 1 amide bonds. The predicted molar refractivity (Wildman–Crippen MR) is 154 cm³/mol. The summed E-state index contributed by atoms with van der Waals surface area (Å²) in [4.78, 5) is 13.3. The average Bonchev–Trinajstić information content (AvgIpc) is 3.12. The Bertz CT molecular complexity index is 1160. The summed E-state index contributed by atoms with van der Waals surface area (Å²) < 4.78 is 35.2. The van der Waals surface area contributed by atoms with E-state index in [1.807, 2.05) is 45.9 Å². The number of nitrogens with zero attached hydrogens (tertiary/aromatic N) is 1. The first-order chi connectivity index (χ1) is 17.9. The fourth-order valence-corrected chi connectivity index (χ4v) is 5.38. The molecule has 2 aromatic rings. The number of carbonyl (C=O) groups excluding carboxylic acids is 1. The second kappa shape index (κ2) is 11.6. The molecule has 3 rings (SSSR count). The average molecular weight is 547 g/mol. The number of hydrogen-bond acceptors (Lipinski definition) is 3. The molecular formula is C32H48F2N2O3. The van der Waals surface area contributed by atoms with Crippen molar-refractivity contribution >= 4 is 5.91 Å². The minimum Gasteiger partial charge on any atom is -0.434 e. The van der Waals surface area contributed by atoms with Gasteiger partial charge in [0.25, 0.3) is 5.91 Å². The van der Waals surface area contributed by atoms with Crippen LogP contribution in [0.2, 0.25) is 0 Å². The summed E-state index contributed by atoms with van der Waals surface area (Å²) in [5, 5.41) is 13.0. The molecule has 0 unspecified atom stereocenters. The first-order valence-electron chi connectivity index (χ1n) is 14.2. The molecule has 1 aliphatic carbocycles. The van der Waals surface area contributed by atoms with E-state index in [9.17, 15) is 18.7 Å². The lowest BCUT2D eigenvalue weighted by atomic mass is 9.78. The lowest BCUT2D eigenvalue weighted by Crippen LogP contribution is -2.38. The number of hydrogen-bond donors (Lipinski definition) is 2. The van der Waals surface area contributed by atoms with E-state index in [4.69, 9.17) is 4.74 Å². The van der Waals surface area contributed by atoms with Crippen molar-refractivity contribution in [3.8, 4) is 17.0 Å². The van der Waals surface area contributed by atoms with E-state index in [1.165, 1.54) is 19.3 Å². The van der Waals surface area contributed by atoms with Crippen LogP contribution in [-0.4, -0.2) is 34.3 Å². The van der Waals surface area contributed by atoms with Crippen molar-refractivity contribution in [2.24, 2.45) is 5.92 Å². The molecule has 5 nitrogen and oxygen atoms in total. The second-order valence-corrected chi connectivity index (χ2v) is 13.9. The normalized spacial score (nSPS) is 15.6. The molecule has 0 radical (unpaired) electrons. The Balaban J connectivity index is 2.30. The zero-order valence-electron chi connectivity index (χ0n) is 25.3. The van der Waals surface area contributed by atoms with Crippen LogP contribution in [0.15, 0.2) is 18.2 Å². The maximum Gasteiger partial charge on any atom is 0.387 e. The fourth-order valence-electron chi connectivity index (χ4n) is 5.38. The molecular weight excluding hydrogens is 498 g/mol. The van der Waals surface area contributed by atoms with Crippen LogP contribution < -0.4 is 10.1 Å². The molecule has 0 spiro atoms. The molecule has 2 N–H and O–H groups in total. The van der Waals surface area contributed by atoms with Crippen LogP contribution in [0.5, 0.6) is 5.75 Å². The van der Waals surface area contributed by atoms with Gasteiger partial charge in [-0.25, -0.2) is 0 Å². The van der Waals surface area contributed by atoms with Crippen molar-refractivity contribution in [3.05, 3.63) is 40.6 Å². The Morgan fingerprint density at radius 1 is 1.03 bits per heavy atom. The summed E-state index contributed by atoms with van der Waals surface area (Å²) in [6, 6.07) is 5.75. The van der Waals surface area contributed by atoms with Gasteiger partial charge in [-0.1, -0.05) is 66.9 Å². The van der Waals surface area contributed by atoms with Gasteiger partial charge in [0.05, 0.1) is 16.9 Å². The highest BCUT2D eigenvalue weighted by Crippen LogP contribution is 2.45. The third-order valence-corrected chi connectivity index (χ3v) is 7.70. The third-order valence-electron chi connectivity index (χ3n) is 7.70. The minimum absolute atomic E-state index is 0.0990. The first kappa shape index (κ1) is 31.1. The van der Waals surface area contributed by atoms with Gasteiger partial charge in [-0.15, -0.1) is 0 Å².